The Balaban J connectivity index is 1.70. The molecule has 0 saturated heterocycles. The minimum atomic E-state index is -0.943. The molecule has 0 bridgehead atoms. The molecule has 34 heavy (non-hydrogen) atoms. The molecular weight excluding hydrogens is 435 g/mol. The zero-order valence-electron chi connectivity index (χ0n) is 20.1. The first kappa shape index (κ1) is 25.2. The first-order chi connectivity index (χ1) is 16.2. The number of carboxylic acids is 1. The van der Waals surface area contributed by atoms with Crippen LogP contribution in [0.4, 0.5) is 4.39 Å². The van der Waals surface area contributed by atoms with Crippen LogP contribution < -0.4 is 9.47 Å². The third-order valence-electron chi connectivity index (χ3n) is 5.44. The SMILES string of the molecule is Cc1cc(OCCN(C)C)cc(C)c1-c1cccc(OC=C2C=CC(CCC(=O)O)=C(F)C2)n1. The molecule has 1 aromatic carbocycles. The second-order valence-corrected chi connectivity index (χ2v) is 8.59. The molecule has 0 aliphatic heterocycles. The number of rotatable bonds is 10. The summed E-state index contributed by atoms with van der Waals surface area (Å²) in [6, 6.07) is 9.58. The van der Waals surface area contributed by atoms with Gasteiger partial charge in [0.1, 0.15) is 18.2 Å². The van der Waals surface area contributed by atoms with E-state index in [0.29, 0.717) is 23.6 Å². The monoisotopic (exact) mass is 466 g/mol. The quantitative estimate of drug-likeness (QED) is 0.459. The van der Waals surface area contributed by atoms with Crippen LogP contribution in [-0.2, 0) is 4.79 Å². The van der Waals surface area contributed by atoms with Gasteiger partial charge in [0.2, 0.25) is 5.88 Å². The highest BCUT2D eigenvalue weighted by Gasteiger charge is 2.14. The lowest BCUT2D eigenvalue weighted by Gasteiger charge is -2.15. The predicted octanol–water partition coefficient (Wildman–Crippen LogP) is 5.62. The van der Waals surface area contributed by atoms with Crippen molar-refractivity contribution in [3.63, 3.8) is 0 Å². The van der Waals surface area contributed by atoms with E-state index in [4.69, 9.17) is 14.6 Å². The maximum atomic E-state index is 14.3. The molecule has 7 heteroatoms. The number of carbonyl (C=O) groups is 1. The summed E-state index contributed by atoms with van der Waals surface area (Å²) in [7, 11) is 4.02. The molecule has 1 aliphatic carbocycles. The van der Waals surface area contributed by atoms with Crippen molar-refractivity contribution in [1.29, 1.82) is 0 Å². The number of nitrogens with zero attached hydrogens (tertiary/aromatic N) is 2. The van der Waals surface area contributed by atoms with E-state index in [1.165, 1.54) is 6.26 Å². The van der Waals surface area contributed by atoms with Crippen LogP contribution in [0.5, 0.6) is 11.6 Å². The van der Waals surface area contributed by atoms with Gasteiger partial charge in [0, 0.05) is 31.0 Å². The number of aliphatic carboxylic acids is 1. The predicted molar refractivity (Wildman–Crippen MR) is 131 cm³/mol. The van der Waals surface area contributed by atoms with Crippen molar-refractivity contribution in [2.75, 3.05) is 27.2 Å². The van der Waals surface area contributed by atoms with Crippen molar-refractivity contribution in [3.8, 4) is 22.9 Å². The van der Waals surface area contributed by atoms with Gasteiger partial charge >= 0.3 is 5.97 Å². The third-order valence-corrected chi connectivity index (χ3v) is 5.44. The average molecular weight is 467 g/mol. The van der Waals surface area contributed by atoms with E-state index in [9.17, 15) is 9.18 Å². The highest BCUT2D eigenvalue weighted by Crippen LogP contribution is 2.31. The Morgan fingerprint density at radius 2 is 1.94 bits per heavy atom. The first-order valence-electron chi connectivity index (χ1n) is 11.2. The summed E-state index contributed by atoms with van der Waals surface area (Å²) in [5.74, 6) is -0.0371. The van der Waals surface area contributed by atoms with Gasteiger partial charge < -0.3 is 19.5 Å². The molecule has 2 aromatic rings. The van der Waals surface area contributed by atoms with Crippen molar-refractivity contribution in [1.82, 2.24) is 9.88 Å². The van der Waals surface area contributed by atoms with Gasteiger partial charge in [0.15, 0.2) is 0 Å². The molecule has 180 valence electrons. The number of aryl methyl sites for hydroxylation is 2. The lowest BCUT2D eigenvalue weighted by molar-refractivity contribution is -0.136. The van der Waals surface area contributed by atoms with Crippen LogP contribution in [0, 0.1) is 13.8 Å². The summed E-state index contributed by atoms with van der Waals surface area (Å²) >= 11 is 0. The fraction of sp³-hybridized carbons (Fsp3) is 0.333. The molecule has 0 unspecified atom stereocenters. The number of aromatic nitrogens is 1. The topological polar surface area (TPSA) is 71.9 Å². The molecular formula is C27H31FN2O4. The molecule has 0 amide bonds. The fourth-order valence-corrected chi connectivity index (χ4v) is 3.70. The second kappa shape index (κ2) is 11.6. The molecule has 1 aliphatic rings. The molecule has 3 rings (SSSR count). The van der Waals surface area contributed by atoms with Gasteiger partial charge in [0.25, 0.3) is 0 Å². The Bertz CT molecular complexity index is 1110. The number of pyridine rings is 1. The molecule has 0 atom stereocenters. The second-order valence-electron chi connectivity index (χ2n) is 8.59. The molecule has 0 spiro atoms. The standard InChI is InChI=1S/C27H31FN2O4/c1-18-14-22(33-13-12-30(3)4)15-19(2)27(18)24-6-5-7-25(29-24)34-17-20-8-9-21(23(28)16-20)10-11-26(31)32/h5-9,14-15,17H,10-13,16H2,1-4H3,(H,31,32). The lowest BCUT2D eigenvalue weighted by atomic mass is 9.98. The number of carboxylic acid groups (broad SMARTS) is 1. The van der Waals surface area contributed by atoms with Gasteiger partial charge in [-0.15, -0.1) is 0 Å². The fourth-order valence-electron chi connectivity index (χ4n) is 3.70. The number of allylic oxidation sites excluding steroid dienone is 5. The van der Waals surface area contributed by atoms with E-state index in [1.54, 1.807) is 18.2 Å². The molecule has 6 nitrogen and oxygen atoms in total. The maximum absolute atomic E-state index is 14.3. The van der Waals surface area contributed by atoms with Crippen LogP contribution in [0.15, 0.2) is 65.7 Å². The molecule has 1 aromatic heterocycles. The Kier molecular flexibility index (Phi) is 8.60. The van der Waals surface area contributed by atoms with Crippen molar-refractivity contribution in [2.45, 2.75) is 33.1 Å². The first-order valence-corrected chi connectivity index (χ1v) is 11.2. The van der Waals surface area contributed by atoms with E-state index >= 15 is 0 Å². The van der Waals surface area contributed by atoms with Crippen molar-refractivity contribution in [2.24, 2.45) is 0 Å². The largest absolute Gasteiger partial charge is 0.492 e. The summed E-state index contributed by atoms with van der Waals surface area (Å²) in [6.07, 6.45) is 4.98. The van der Waals surface area contributed by atoms with Crippen LogP contribution in [0.2, 0.25) is 0 Å². The van der Waals surface area contributed by atoms with E-state index in [-0.39, 0.29) is 25.1 Å². The minimum absolute atomic E-state index is 0.0681. The van der Waals surface area contributed by atoms with E-state index in [0.717, 1.165) is 34.7 Å². The van der Waals surface area contributed by atoms with Gasteiger partial charge in [-0.1, -0.05) is 18.2 Å². The zero-order chi connectivity index (χ0) is 24.7. The molecule has 0 radical (unpaired) electrons. The van der Waals surface area contributed by atoms with Crippen LogP contribution in [0.25, 0.3) is 11.3 Å². The van der Waals surface area contributed by atoms with Crippen molar-refractivity contribution in [3.05, 3.63) is 76.8 Å². The molecule has 1 N–H and O–H groups in total. The summed E-state index contributed by atoms with van der Waals surface area (Å²) in [6.45, 7) is 5.52. The molecule has 0 saturated carbocycles. The van der Waals surface area contributed by atoms with E-state index in [1.807, 2.05) is 52.2 Å². The number of ether oxygens (including phenoxy) is 2. The van der Waals surface area contributed by atoms with Gasteiger partial charge in [-0.25, -0.2) is 9.37 Å². The Morgan fingerprint density at radius 1 is 1.21 bits per heavy atom. The van der Waals surface area contributed by atoms with Crippen LogP contribution in [-0.4, -0.2) is 48.2 Å². The number of benzene rings is 1. The molecule has 0 fully saturated rings. The number of likely N-dealkylation sites (N-methyl/N-ethyl adjacent to an activating group) is 1. The summed E-state index contributed by atoms with van der Waals surface area (Å²) in [5.41, 5.74) is 4.98. The third kappa shape index (κ3) is 7.02. The summed E-state index contributed by atoms with van der Waals surface area (Å²) < 4.78 is 25.9. The van der Waals surface area contributed by atoms with Crippen molar-refractivity contribution >= 4 is 5.97 Å². The van der Waals surface area contributed by atoms with Gasteiger partial charge in [0.05, 0.1) is 12.0 Å². The van der Waals surface area contributed by atoms with Gasteiger partial charge in [-0.3, -0.25) is 4.79 Å². The van der Waals surface area contributed by atoms with Gasteiger partial charge in [-0.05, 0) is 74.8 Å². The number of hydrogen-bond donors (Lipinski definition) is 1. The number of hydrogen-bond acceptors (Lipinski definition) is 5. The van der Waals surface area contributed by atoms with E-state index in [2.05, 4.69) is 9.88 Å². The van der Waals surface area contributed by atoms with Crippen molar-refractivity contribution < 1.29 is 23.8 Å². The highest BCUT2D eigenvalue weighted by molar-refractivity contribution is 5.69. The lowest BCUT2D eigenvalue weighted by Crippen LogP contribution is -2.19. The maximum Gasteiger partial charge on any atom is 0.303 e. The van der Waals surface area contributed by atoms with Crippen LogP contribution >= 0.6 is 0 Å². The summed E-state index contributed by atoms with van der Waals surface area (Å²) in [5, 5.41) is 8.78. The normalized spacial score (nSPS) is 14.7. The molecule has 1 heterocycles. The zero-order valence-corrected chi connectivity index (χ0v) is 20.1. The Morgan fingerprint density at radius 3 is 2.59 bits per heavy atom. The smallest absolute Gasteiger partial charge is 0.303 e. The highest BCUT2D eigenvalue weighted by atomic mass is 19.1. The Hall–Kier alpha value is -3.45. The Labute approximate surface area is 200 Å². The van der Waals surface area contributed by atoms with Crippen LogP contribution in [0.3, 0.4) is 0 Å². The average Bonchev–Trinajstić information content (AvgIpc) is 2.76. The van der Waals surface area contributed by atoms with Crippen LogP contribution in [0.1, 0.15) is 30.4 Å². The number of halogens is 1. The minimum Gasteiger partial charge on any atom is -0.492 e. The summed E-state index contributed by atoms with van der Waals surface area (Å²) in [4.78, 5) is 17.4. The van der Waals surface area contributed by atoms with Gasteiger partial charge in [-0.2, -0.15) is 0 Å². The van der Waals surface area contributed by atoms with E-state index < -0.39 is 5.97 Å².